The number of carbonyl (C=O) groups excluding carboxylic acids is 1. The molecule has 2 aromatic rings. The number of nitrogens with two attached hydrogens (primary N) is 1. The van der Waals surface area contributed by atoms with E-state index in [1.165, 1.54) is 0 Å². The monoisotopic (exact) mass is 330 g/mol. The lowest BCUT2D eigenvalue weighted by Crippen LogP contribution is -2.42. The maximum atomic E-state index is 12.1. The first-order valence-electron chi connectivity index (χ1n) is 7.60. The van der Waals surface area contributed by atoms with E-state index >= 15 is 0 Å². The standard InChI is InChI=1S/C18H22N2O4/c1-24-15-8-2-12(3-9-15)10-17(22)20-16(11-21)18(23)13-4-6-14(19)7-5-13/h2-9,16,18,21,23H,10-11,19H2,1H3,(H,20,22). The topological polar surface area (TPSA) is 105 Å². The number of aliphatic hydroxyl groups excluding tert-OH is 2. The SMILES string of the molecule is COc1ccc(CC(=O)NC(CO)C(O)c2ccc(N)cc2)cc1. The van der Waals surface area contributed by atoms with Gasteiger partial charge in [-0.15, -0.1) is 0 Å². The number of hydrogen-bond acceptors (Lipinski definition) is 5. The highest BCUT2D eigenvalue weighted by Gasteiger charge is 2.22. The molecule has 24 heavy (non-hydrogen) atoms. The molecule has 0 aliphatic rings. The maximum Gasteiger partial charge on any atom is 0.224 e. The van der Waals surface area contributed by atoms with E-state index in [0.29, 0.717) is 17.0 Å². The fourth-order valence-electron chi connectivity index (χ4n) is 2.34. The van der Waals surface area contributed by atoms with Gasteiger partial charge in [-0.1, -0.05) is 24.3 Å². The van der Waals surface area contributed by atoms with Gasteiger partial charge in [0.2, 0.25) is 5.91 Å². The van der Waals surface area contributed by atoms with Crippen molar-refractivity contribution in [2.24, 2.45) is 0 Å². The number of amides is 1. The number of anilines is 1. The van der Waals surface area contributed by atoms with Crippen molar-refractivity contribution in [2.75, 3.05) is 19.5 Å². The first-order valence-corrected chi connectivity index (χ1v) is 7.60. The van der Waals surface area contributed by atoms with Crippen molar-refractivity contribution >= 4 is 11.6 Å². The van der Waals surface area contributed by atoms with Gasteiger partial charge < -0.3 is 26.0 Å². The van der Waals surface area contributed by atoms with Crippen LogP contribution in [0.5, 0.6) is 5.75 Å². The summed E-state index contributed by atoms with van der Waals surface area (Å²) in [6, 6.07) is 13.0. The molecule has 0 radical (unpaired) electrons. The fraction of sp³-hybridized carbons (Fsp3) is 0.278. The van der Waals surface area contributed by atoms with Gasteiger partial charge in [-0.2, -0.15) is 0 Å². The van der Waals surface area contributed by atoms with Gasteiger partial charge in [0.1, 0.15) is 11.9 Å². The summed E-state index contributed by atoms with van der Waals surface area (Å²) in [6.07, 6.45) is -0.870. The third-order valence-electron chi connectivity index (χ3n) is 3.73. The van der Waals surface area contributed by atoms with Gasteiger partial charge in [-0.3, -0.25) is 4.79 Å². The minimum atomic E-state index is -1.02. The smallest absolute Gasteiger partial charge is 0.224 e. The molecule has 128 valence electrons. The average Bonchev–Trinajstić information content (AvgIpc) is 2.60. The lowest BCUT2D eigenvalue weighted by Gasteiger charge is -2.22. The Labute approximate surface area is 140 Å². The van der Waals surface area contributed by atoms with Crippen LogP contribution in [0.25, 0.3) is 0 Å². The summed E-state index contributed by atoms with van der Waals surface area (Å²) in [5.41, 5.74) is 7.58. The number of methoxy groups -OCH3 is 1. The van der Waals surface area contributed by atoms with Crippen molar-refractivity contribution in [1.82, 2.24) is 5.32 Å². The van der Waals surface area contributed by atoms with Crippen molar-refractivity contribution in [1.29, 1.82) is 0 Å². The Bertz CT molecular complexity index is 656. The molecule has 0 aliphatic heterocycles. The summed E-state index contributed by atoms with van der Waals surface area (Å²) >= 11 is 0. The van der Waals surface area contributed by atoms with Gasteiger partial charge in [0.05, 0.1) is 26.2 Å². The number of carbonyl (C=O) groups is 1. The van der Waals surface area contributed by atoms with Crippen LogP contribution in [0.15, 0.2) is 48.5 Å². The van der Waals surface area contributed by atoms with E-state index in [2.05, 4.69) is 5.32 Å². The van der Waals surface area contributed by atoms with Crippen molar-refractivity contribution in [3.05, 3.63) is 59.7 Å². The van der Waals surface area contributed by atoms with Crippen LogP contribution in [0.2, 0.25) is 0 Å². The molecule has 2 unspecified atom stereocenters. The van der Waals surface area contributed by atoms with E-state index in [-0.39, 0.29) is 18.9 Å². The predicted octanol–water partition coefficient (Wildman–Crippen LogP) is 1.03. The molecular weight excluding hydrogens is 308 g/mol. The molecule has 2 aromatic carbocycles. The molecule has 2 atom stereocenters. The summed E-state index contributed by atoms with van der Waals surface area (Å²) < 4.78 is 5.07. The van der Waals surface area contributed by atoms with Crippen molar-refractivity contribution in [2.45, 2.75) is 18.6 Å². The molecule has 0 aromatic heterocycles. The lowest BCUT2D eigenvalue weighted by atomic mass is 10.0. The number of nitrogen functional groups attached to an aromatic ring is 1. The largest absolute Gasteiger partial charge is 0.497 e. The third-order valence-corrected chi connectivity index (χ3v) is 3.73. The normalized spacial score (nSPS) is 13.1. The zero-order chi connectivity index (χ0) is 17.5. The lowest BCUT2D eigenvalue weighted by molar-refractivity contribution is -0.122. The molecule has 0 bridgehead atoms. The minimum Gasteiger partial charge on any atom is -0.497 e. The highest BCUT2D eigenvalue weighted by atomic mass is 16.5. The molecular formula is C18H22N2O4. The molecule has 0 fully saturated rings. The third kappa shape index (κ3) is 4.71. The van der Waals surface area contributed by atoms with E-state index in [0.717, 1.165) is 5.56 Å². The Morgan fingerprint density at radius 3 is 2.33 bits per heavy atom. The molecule has 0 aliphatic carbocycles. The van der Waals surface area contributed by atoms with Crippen LogP contribution in [0, 0.1) is 0 Å². The van der Waals surface area contributed by atoms with Crippen LogP contribution >= 0.6 is 0 Å². The average molecular weight is 330 g/mol. The molecule has 6 heteroatoms. The van der Waals surface area contributed by atoms with Crippen LogP contribution in [0.1, 0.15) is 17.2 Å². The second kappa shape index (κ2) is 8.33. The van der Waals surface area contributed by atoms with Gasteiger partial charge in [0.15, 0.2) is 0 Å². The van der Waals surface area contributed by atoms with E-state index in [4.69, 9.17) is 10.5 Å². The van der Waals surface area contributed by atoms with Gasteiger partial charge in [0, 0.05) is 5.69 Å². The Morgan fingerprint density at radius 1 is 1.17 bits per heavy atom. The van der Waals surface area contributed by atoms with Gasteiger partial charge in [-0.05, 0) is 35.4 Å². The molecule has 1 amide bonds. The number of hydrogen-bond donors (Lipinski definition) is 4. The number of rotatable bonds is 7. The highest BCUT2D eigenvalue weighted by Crippen LogP contribution is 2.18. The van der Waals surface area contributed by atoms with Crippen molar-refractivity contribution in [3.8, 4) is 5.75 Å². The number of ether oxygens (including phenoxy) is 1. The Balaban J connectivity index is 1.97. The van der Waals surface area contributed by atoms with Crippen molar-refractivity contribution in [3.63, 3.8) is 0 Å². The van der Waals surface area contributed by atoms with Crippen LogP contribution in [-0.4, -0.2) is 35.9 Å². The van der Waals surface area contributed by atoms with E-state index in [1.54, 1.807) is 55.6 Å². The molecule has 2 rings (SSSR count). The molecule has 0 saturated heterocycles. The number of nitrogens with one attached hydrogen (secondary N) is 1. The zero-order valence-electron chi connectivity index (χ0n) is 13.5. The minimum absolute atomic E-state index is 0.148. The molecule has 0 saturated carbocycles. The summed E-state index contributed by atoms with van der Waals surface area (Å²) in [6.45, 7) is -0.375. The van der Waals surface area contributed by atoms with Gasteiger partial charge in [0.25, 0.3) is 0 Å². The highest BCUT2D eigenvalue weighted by molar-refractivity contribution is 5.79. The molecule has 6 nitrogen and oxygen atoms in total. The number of benzene rings is 2. The Hall–Kier alpha value is -2.57. The summed E-state index contributed by atoms with van der Waals surface area (Å²) in [4.78, 5) is 12.1. The maximum absolute atomic E-state index is 12.1. The van der Waals surface area contributed by atoms with Gasteiger partial charge in [-0.25, -0.2) is 0 Å². The van der Waals surface area contributed by atoms with E-state index in [1.807, 2.05) is 0 Å². The molecule has 0 spiro atoms. The van der Waals surface area contributed by atoms with E-state index in [9.17, 15) is 15.0 Å². The van der Waals surface area contributed by atoms with Crippen molar-refractivity contribution < 1.29 is 19.7 Å². The Morgan fingerprint density at radius 2 is 1.79 bits per heavy atom. The quantitative estimate of drug-likeness (QED) is 0.568. The van der Waals surface area contributed by atoms with Gasteiger partial charge >= 0.3 is 0 Å². The van der Waals surface area contributed by atoms with E-state index < -0.39 is 12.1 Å². The second-order valence-electron chi connectivity index (χ2n) is 5.49. The molecule has 5 N–H and O–H groups in total. The first kappa shape index (κ1) is 17.8. The fourth-order valence-corrected chi connectivity index (χ4v) is 2.34. The van der Waals surface area contributed by atoms with Crippen LogP contribution < -0.4 is 15.8 Å². The summed E-state index contributed by atoms with van der Waals surface area (Å²) in [7, 11) is 1.58. The number of aliphatic hydroxyl groups is 2. The predicted molar refractivity (Wildman–Crippen MR) is 91.5 cm³/mol. The summed E-state index contributed by atoms with van der Waals surface area (Å²) in [5.74, 6) is 0.430. The molecule has 0 heterocycles. The Kier molecular flexibility index (Phi) is 6.17. The van der Waals surface area contributed by atoms with Crippen LogP contribution in [0.4, 0.5) is 5.69 Å². The zero-order valence-corrected chi connectivity index (χ0v) is 13.5. The second-order valence-corrected chi connectivity index (χ2v) is 5.49. The van der Waals surface area contributed by atoms with Crippen LogP contribution in [-0.2, 0) is 11.2 Å². The van der Waals surface area contributed by atoms with Crippen LogP contribution in [0.3, 0.4) is 0 Å². The first-order chi connectivity index (χ1) is 11.5. The summed E-state index contributed by atoms with van der Waals surface area (Å²) in [5, 5.41) is 22.5.